The summed E-state index contributed by atoms with van der Waals surface area (Å²) in [6.45, 7) is 5.02. The fraction of sp³-hybridized carbons (Fsp3) is 0.500. The van der Waals surface area contributed by atoms with E-state index < -0.39 is 0 Å². The molecular formula is C12H19N3O. The lowest BCUT2D eigenvalue weighted by Gasteiger charge is -2.18. The number of amides is 1. The zero-order valence-electron chi connectivity index (χ0n) is 10.1. The quantitative estimate of drug-likeness (QED) is 0.843. The van der Waals surface area contributed by atoms with Crippen molar-refractivity contribution in [2.75, 3.05) is 19.3 Å². The molecule has 0 saturated carbocycles. The van der Waals surface area contributed by atoms with Crippen molar-refractivity contribution in [3.05, 3.63) is 24.0 Å². The number of pyridine rings is 1. The zero-order valence-corrected chi connectivity index (χ0v) is 10.1. The second-order valence-electron chi connectivity index (χ2n) is 4.37. The normalized spacial score (nSPS) is 10.5. The van der Waals surface area contributed by atoms with E-state index in [2.05, 4.69) is 18.8 Å². The molecule has 1 heterocycles. The van der Waals surface area contributed by atoms with Gasteiger partial charge in [-0.05, 0) is 18.4 Å². The van der Waals surface area contributed by atoms with Crippen LogP contribution in [0.25, 0.3) is 0 Å². The van der Waals surface area contributed by atoms with E-state index in [-0.39, 0.29) is 5.91 Å². The van der Waals surface area contributed by atoms with Gasteiger partial charge in [0.25, 0.3) is 5.91 Å². The van der Waals surface area contributed by atoms with E-state index in [0.29, 0.717) is 17.2 Å². The minimum Gasteiger partial charge on any atom is -0.397 e. The number of nitrogens with two attached hydrogens (primary N) is 1. The molecule has 0 bridgehead atoms. The lowest BCUT2D eigenvalue weighted by molar-refractivity contribution is 0.0790. The van der Waals surface area contributed by atoms with Gasteiger partial charge in [-0.25, -0.2) is 0 Å². The predicted molar refractivity (Wildman–Crippen MR) is 65.1 cm³/mol. The third kappa shape index (κ3) is 3.22. The number of aromatic nitrogens is 1. The first-order chi connectivity index (χ1) is 7.52. The Morgan fingerprint density at radius 2 is 2.25 bits per heavy atom. The Kier molecular flexibility index (Phi) is 4.28. The van der Waals surface area contributed by atoms with E-state index in [1.54, 1.807) is 24.2 Å². The molecule has 0 spiro atoms. The minimum atomic E-state index is -0.0412. The zero-order chi connectivity index (χ0) is 12.1. The van der Waals surface area contributed by atoms with Crippen LogP contribution in [0.15, 0.2) is 18.5 Å². The summed E-state index contributed by atoms with van der Waals surface area (Å²) in [5, 5.41) is 0. The summed E-state index contributed by atoms with van der Waals surface area (Å²) in [5.41, 5.74) is 6.67. The number of anilines is 1. The first-order valence-corrected chi connectivity index (χ1v) is 5.47. The van der Waals surface area contributed by atoms with Gasteiger partial charge < -0.3 is 10.6 Å². The van der Waals surface area contributed by atoms with Gasteiger partial charge in [-0.15, -0.1) is 0 Å². The van der Waals surface area contributed by atoms with Crippen molar-refractivity contribution in [3.8, 4) is 0 Å². The van der Waals surface area contributed by atoms with Crippen molar-refractivity contribution < 1.29 is 4.79 Å². The van der Waals surface area contributed by atoms with Gasteiger partial charge in [0.05, 0.1) is 17.4 Å². The molecule has 1 aromatic rings. The van der Waals surface area contributed by atoms with Gasteiger partial charge >= 0.3 is 0 Å². The van der Waals surface area contributed by atoms with Crippen molar-refractivity contribution in [1.29, 1.82) is 0 Å². The SMILES string of the molecule is CC(C)CCN(C)C(=O)c1ccncc1N. The molecule has 0 saturated heterocycles. The summed E-state index contributed by atoms with van der Waals surface area (Å²) in [6.07, 6.45) is 4.08. The molecule has 1 amide bonds. The molecular weight excluding hydrogens is 202 g/mol. The van der Waals surface area contributed by atoms with Gasteiger partial charge in [-0.3, -0.25) is 9.78 Å². The van der Waals surface area contributed by atoms with Crippen LogP contribution in [0.5, 0.6) is 0 Å². The standard InChI is InChI=1S/C12H19N3O/c1-9(2)5-7-15(3)12(16)10-4-6-14-8-11(10)13/h4,6,8-9H,5,7,13H2,1-3H3. The summed E-state index contributed by atoms with van der Waals surface area (Å²) in [7, 11) is 1.80. The van der Waals surface area contributed by atoms with Gasteiger partial charge in [-0.1, -0.05) is 13.8 Å². The van der Waals surface area contributed by atoms with Crippen LogP contribution in [-0.2, 0) is 0 Å². The van der Waals surface area contributed by atoms with Crippen LogP contribution in [0.4, 0.5) is 5.69 Å². The molecule has 16 heavy (non-hydrogen) atoms. The maximum absolute atomic E-state index is 12.0. The van der Waals surface area contributed by atoms with Gasteiger partial charge in [0.1, 0.15) is 0 Å². The van der Waals surface area contributed by atoms with E-state index in [1.165, 1.54) is 6.20 Å². The smallest absolute Gasteiger partial charge is 0.255 e. The highest BCUT2D eigenvalue weighted by atomic mass is 16.2. The van der Waals surface area contributed by atoms with Gasteiger partial charge in [0.2, 0.25) is 0 Å². The van der Waals surface area contributed by atoms with Crippen LogP contribution in [0.2, 0.25) is 0 Å². The molecule has 2 N–H and O–H groups in total. The molecule has 0 fully saturated rings. The second kappa shape index (κ2) is 5.49. The first-order valence-electron chi connectivity index (χ1n) is 5.47. The number of rotatable bonds is 4. The van der Waals surface area contributed by atoms with Crippen LogP contribution < -0.4 is 5.73 Å². The van der Waals surface area contributed by atoms with E-state index in [9.17, 15) is 4.79 Å². The minimum absolute atomic E-state index is 0.0412. The molecule has 0 unspecified atom stereocenters. The van der Waals surface area contributed by atoms with Crippen LogP contribution in [-0.4, -0.2) is 29.4 Å². The largest absolute Gasteiger partial charge is 0.397 e. The average molecular weight is 221 g/mol. The second-order valence-corrected chi connectivity index (χ2v) is 4.37. The number of carbonyl (C=O) groups excluding carboxylic acids is 1. The topological polar surface area (TPSA) is 59.2 Å². The van der Waals surface area contributed by atoms with Crippen LogP contribution in [0.1, 0.15) is 30.6 Å². The summed E-state index contributed by atoms with van der Waals surface area (Å²) in [5.74, 6) is 0.547. The Morgan fingerprint density at radius 3 is 2.81 bits per heavy atom. The lowest BCUT2D eigenvalue weighted by Crippen LogP contribution is -2.29. The van der Waals surface area contributed by atoms with Crippen molar-refractivity contribution >= 4 is 11.6 Å². The summed E-state index contributed by atoms with van der Waals surface area (Å²) >= 11 is 0. The molecule has 4 heteroatoms. The van der Waals surface area contributed by atoms with E-state index in [0.717, 1.165) is 13.0 Å². The molecule has 88 valence electrons. The molecule has 0 radical (unpaired) electrons. The molecule has 1 rings (SSSR count). The average Bonchev–Trinajstić information content (AvgIpc) is 2.25. The van der Waals surface area contributed by atoms with Crippen LogP contribution >= 0.6 is 0 Å². The Hall–Kier alpha value is -1.58. The highest BCUT2D eigenvalue weighted by Gasteiger charge is 2.14. The molecule has 0 aliphatic heterocycles. The Balaban J connectivity index is 2.67. The van der Waals surface area contributed by atoms with Gasteiger partial charge in [0, 0.05) is 19.8 Å². The van der Waals surface area contributed by atoms with Crippen LogP contribution in [0.3, 0.4) is 0 Å². The number of nitrogens with zero attached hydrogens (tertiary/aromatic N) is 2. The molecule has 0 atom stereocenters. The maximum atomic E-state index is 12.0. The molecule has 1 aromatic heterocycles. The molecule has 4 nitrogen and oxygen atoms in total. The summed E-state index contributed by atoms with van der Waals surface area (Å²) in [4.78, 5) is 17.6. The van der Waals surface area contributed by atoms with Crippen molar-refractivity contribution in [3.63, 3.8) is 0 Å². The number of hydrogen-bond donors (Lipinski definition) is 1. The van der Waals surface area contributed by atoms with Crippen molar-refractivity contribution in [2.24, 2.45) is 5.92 Å². The summed E-state index contributed by atoms with van der Waals surface area (Å²) < 4.78 is 0. The highest BCUT2D eigenvalue weighted by molar-refractivity contribution is 5.98. The van der Waals surface area contributed by atoms with Crippen molar-refractivity contribution in [2.45, 2.75) is 20.3 Å². The summed E-state index contributed by atoms with van der Waals surface area (Å²) in [6, 6.07) is 1.66. The monoisotopic (exact) mass is 221 g/mol. The first kappa shape index (κ1) is 12.5. The number of carbonyl (C=O) groups is 1. The number of nitrogen functional groups attached to an aromatic ring is 1. The Bertz CT molecular complexity index is 363. The number of hydrogen-bond acceptors (Lipinski definition) is 3. The fourth-order valence-corrected chi connectivity index (χ4v) is 1.36. The van der Waals surface area contributed by atoms with E-state index in [1.807, 2.05) is 0 Å². The molecule has 0 aliphatic rings. The predicted octanol–water partition coefficient (Wildman–Crippen LogP) is 1.78. The maximum Gasteiger partial charge on any atom is 0.255 e. The van der Waals surface area contributed by atoms with Crippen LogP contribution in [0, 0.1) is 5.92 Å². The molecule has 0 aliphatic carbocycles. The molecule has 0 aromatic carbocycles. The Labute approximate surface area is 96.5 Å². The third-order valence-corrected chi connectivity index (χ3v) is 2.47. The van der Waals surface area contributed by atoms with Gasteiger partial charge in [0.15, 0.2) is 0 Å². The highest BCUT2D eigenvalue weighted by Crippen LogP contribution is 2.12. The van der Waals surface area contributed by atoms with Gasteiger partial charge in [-0.2, -0.15) is 0 Å². The Morgan fingerprint density at radius 1 is 1.56 bits per heavy atom. The fourth-order valence-electron chi connectivity index (χ4n) is 1.36. The lowest BCUT2D eigenvalue weighted by atomic mass is 10.1. The van der Waals surface area contributed by atoms with E-state index >= 15 is 0 Å². The third-order valence-electron chi connectivity index (χ3n) is 2.47. The van der Waals surface area contributed by atoms with E-state index in [4.69, 9.17) is 5.73 Å². The van der Waals surface area contributed by atoms with Crippen molar-refractivity contribution in [1.82, 2.24) is 9.88 Å².